The van der Waals surface area contributed by atoms with Crippen LogP contribution in [0.1, 0.15) is 0 Å². The molecule has 6 nitrogen and oxygen atoms in total. The molecule has 9 heteroatoms. The van der Waals surface area contributed by atoms with Gasteiger partial charge in [-0.3, -0.25) is 0 Å². The summed E-state index contributed by atoms with van der Waals surface area (Å²) in [6, 6.07) is 13.1. The van der Waals surface area contributed by atoms with E-state index in [1.165, 1.54) is 39.2 Å². The maximum atomic E-state index is 13.7. The number of thiophene rings is 2. The minimum atomic E-state index is -3.97. The first-order valence-corrected chi connectivity index (χ1v) is 12.1. The molecule has 0 amide bonds. The molecule has 0 aliphatic carbocycles. The van der Waals surface area contributed by atoms with E-state index in [0.29, 0.717) is 16.2 Å². The minimum absolute atomic E-state index is 0.0224. The van der Waals surface area contributed by atoms with Crippen molar-refractivity contribution in [1.29, 1.82) is 0 Å². The fourth-order valence-corrected chi connectivity index (χ4v) is 6.59. The summed E-state index contributed by atoms with van der Waals surface area (Å²) < 4.78 is 30.5. The summed E-state index contributed by atoms with van der Waals surface area (Å²) in [5.41, 5.74) is 2.60. The van der Waals surface area contributed by atoms with E-state index in [1.807, 2.05) is 47.2 Å². The Morgan fingerprint density at radius 3 is 2.60 bits per heavy atom. The van der Waals surface area contributed by atoms with Gasteiger partial charge in [0.2, 0.25) is 5.00 Å². The van der Waals surface area contributed by atoms with Crippen molar-refractivity contribution in [2.75, 3.05) is 0 Å². The van der Waals surface area contributed by atoms with Crippen LogP contribution < -0.4 is 0 Å². The van der Waals surface area contributed by atoms with E-state index < -0.39 is 10.0 Å². The number of hydrogen-bond donors (Lipinski definition) is 0. The Labute approximate surface area is 181 Å². The normalized spacial score (nSPS) is 11.7. The third-order valence-electron chi connectivity index (χ3n) is 4.79. The summed E-state index contributed by atoms with van der Waals surface area (Å²) in [6.07, 6.45) is 2.97. The summed E-state index contributed by atoms with van der Waals surface area (Å²) in [7, 11) is -2.24. The van der Waals surface area contributed by atoms with Crippen molar-refractivity contribution in [1.82, 2.24) is 13.5 Å². The quantitative estimate of drug-likeness (QED) is 0.334. The van der Waals surface area contributed by atoms with Crippen molar-refractivity contribution in [3.8, 4) is 21.7 Å². The summed E-state index contributed by atoms with van der Waals surface area (Å²) >= 11 is 2.81. The zero-order valence-electron chi connectivity index (χ0n) is 15.7. The van der Waals surface area contributed by atoms with Gasteiger partial charge in [0, 0.05) is 29.8 Å². The van der Waals surface area contributed by atoms with Crippen molar-refractivity contribution in [3.05, 3.63) is 77.2 Å². The summed E-state index contributed by atoms with van der Waals surface area (Å²) in [6.45, 7) is 7.57. The van der Waals surface area contributed by atoms with Crippen LogP contribution >= 0.6 is 22.7 Å². The lowest BCUT2D eigenvalue weighted by Crippen LogP contribution is -2.14. The van der Waals surface area contributed by atoms with Gasteiger partial charge in [-0.15, -0.1) is 11.3 Å². The second-order valence-corrected chi connectivity index (χ2v) is 10.2. The van der Waals surface area contributed by atoms with Crippen LogP contribution in [0, 0.1) is 6.57 Å². The Hall–Kier alpha value is -3.19. The maximum Gasteiger partial charge on any atom is 0.287 e. The first-order chi connectivity index (χ1) is 14.5. The number of nitrogens with zero attached hydrogens (tertiary/aromatic N) is 4. The fraction of sp³-hybridized carbons (Fsp3) is 0.0476. The number of rotatable bonds is 4. The topological polar surface area (TPSA) is 61.2 Å². The predicted molar refractivity (Wildman–Crippen MR) is 121 cm³/mol. The lowest BCUT2D eigenvalue weighted by molar-refractivity contribution is 0.586. The third kappa shape index (κ3) is 2.73. The van der Waals surface area contributed by atoms with Crippen LogP contribution in [0.25, 0.3) is 37.4 Å². The summed E-state index contributed by atoms with van der Waals surface area (Å²) in [5, 5.41) is 5.07. The van der Waals surface area contributed by atoms with Crippen molar-refractivity contribution < 1.29 is 8.42 Å². The van der Waals surface area contributed by atoms with Crippen LogP contribution in [0.4, 0.5) is 5.00 Å². The van der Waals surface area contributed by atoms with Gasteiger partial charge in [-0.25, -0.2) is 13.8 Å². The molecule has 0 aliphatic rings. The smallest absolute Gasteiger partial charge is 0.287 e. The lowest BCUT2D eigenvalue weighted by atomic mass is 10.0. The molecule has 0 bridgehead atoms. The van der Waals surface area contributed by atoms with E-state index in [4.69, 9.17) is 6.57 Å². The van der Waals surface area contributed by atoms with Gasteiger partial charge in [-0.1, -0.05) is 30.3 Å². The maximum absolute atomic E-state index is 13.7. The second kappa shape index (κ2) is 6.95. The molecule has 0 N–H and O–H groups in total. The molecular weight excluding hydrogens is 436 g/mol. The Morgan fingerprint density at radius 1 is 1.07 bits per heavy atom. The fourth-order valence-electron chi connectivity index (χ4n) is 3.56. The van der Waals surface area contributed by atoms with Gasteiger partial charge in [0.05, 0.1) is 29.0 Å². The van der Waals surface area contributed by atoms with Crippen LogP contribution in [0.3, 0.4) is 0 Å². The molecule has 0 spiro atoms. The van der Waals surface area contributed by atoms with Gasteiger partial charge in [0.15, 0.2) is 5.03 Å². The molecule has 0 unspecified atom stereocenters. The van der Waals surface area contributed by atoms with Gasteiger partial charge in [0.25, 0.3) is 10.0 Å². The average molecular weight is 451 g/mol. The number of aromatic nitrogens is 3. The molecule has 0 aliphatic heterocycles. The van der Waals surface area contributed by atoms with E-state index in [9.17, 15) is 8.42 Å². The molecule has 30 heavy (non-hydrogen) atoms. The highest BCUT2D eigenvalue weighted by atomic mass is 32.2. The highest BCUT2D eigenvalue weighted by Gasteiger charge is 2.31. The largest absolute Gasteiger partial charge is 0.339 e. The Balaban J connectivity index is 1.98. The Kier molecular flexibility index (Phi) is 4.36. The van der Waals surface area contributed by atoms with E-state index in [1.54, 1.807) is 17.7 Å². The molecule has 4 aromatic heterocycles. The van der Waals surface area contributed by atoms with E-state index in [2.05, 4.69) is 9.83 Å². The molecule has 0 atom stereocenters. The first-order valence-electron chi connectivity index (χ1n) is 8.88. The number of imidazole rings is 1. The Bertz CT molecular complexity index is 1530. The standard InChI is InChI=1S/C21H14N4O2S3/c1-22-21-15(9-11-29-21)19-14-6-3-4-7-16(14)25(20(19)17-8-5-10-28-17)30(26,27)18-12-24(2)13-23-18/h3-13H,2H3. The van der Waals surface area contributed by atoms with Crippen LogP contribution in [-0.2, 0) is 17.1 Å². The van der Waals surface area contributed by atoms with E-state index >= 15 is 0 Å². The minimum Gasteiger partial charge on any atom is -0.339 e. The zero-order chi connectivity index (χ0) is 20.9. The lowest BCUT2D eigenvalue weighted by Gasteiger charge is -2.10. The molecule has 0 saturated carbocycles. The molecule has 5 aromatic rings. The second-order valence-electron chi connectivity index (χ2n) is 6.62. The van der Waals surface area contributed by atoms with Gasteiger partial charge in [0.1, 0.15) is 0 Å². The molecule has 0 radical (unpaired) electrons. The van der Waals surface area contributed by atoms with Crippen molar-refractivity contribution >= 4 is 48.6 Å². The third-order valence-corrected chi connectivity index (χ3v) is 8.07. The molecule has 5 rings (SSSR count). The number of aryl methyl sites for hydroxylation is 1. The number of hydrogen-bond acceptors (Lipinski definition) is 5. The van der Waals surface area contributed by atoms with Crippen molar-refractivity contribution in [2.24, 2.45) is 7.05 Å². The summed E-state index contributed by atoms with van der Waals surface area (Å²) in [5.74, 6) is 0. The summed E-state index contributed by atoms with van der Waals surface area (Å²) in [4.78, 5) is 8.58. The highest BCUT2D eigenvalue weighted by Crippen LogP contribution is 2.48. The van der Waals surface area contributed by atoms with Crippen LogP contribution in [0.5, 0.6) is 0 Å². The van der Waals surface area contributed by atoms with Gasteiger partial charge in [-0.05, 0) is 22.9 Å². The van der Waals surface area contributed by atoms with Gasteiger partial charge < -0.3 is 4.57 Å². The first kappa shape index (κ1) is 18.8. The molecule has 0 fully saturated rings. The average Bonchev–Trinajstić information content (AvgIpc) is 3.51. The number of benzene rings is 1. The van der Waals surface area contributed by atoms with Crippen molar-refractivity contribution in [2.45, 2.75) is 5.03 Å². The predicted octanol–water partition coefficient (Wildman–Crippen LogP) is 5.62. The highest BCUT2D eigenvalue weighted by molar-refractivity contribution is 7.90. The van der Waals surface area contributed by atoms with Crippen molar-refractivity contribution in [3.63, 3.8) is 0 Å². The number of para-hydroxylation sites is 1. The zero-order valence-corrected chi connectivity index (χ0v) is 18.1. The van der Waals surface area contributed by atoms with E-state index in [-0.39, 0.29) is 5.03 Å². The van der Waals surface area contributed by atoms with Crippen LogP contribution in [-0.4, -0.2) is 21.9 Å². The molecule has 4 heterocycles. The SMILES string of the molecule is [C-]#[N+]c1sccc1-c1c(-c2cccs2)n(S(=O)(=O)c2cn(C)cn2)c2ccccc12. The van der Waals surface area contributed by atoms with Crippen LogP contribution in [0.15, 0.2) is 70.8 Å². The van der Waals surface area contributed by atoms with Crippen LogP contribution in [0.2, 0.25) is 0 Å². The molecule has 0 saturated heterocycles. The molecular formula is C21H14N4O2S3. The number of fused-ring (bicyclic) bond motifs is 1. The van der Waals surface area contributed by atoms with Gasteiger partial charge >= 0.3 is 0 Å². The monoisotopic (exact) mass is 450 g/mol. The molecule has 148 valence electrons. The van der Waals surface area contributed by atoms with Gasteiger partial charge in [-0.2, -0.15) is 19.8 Å². The Morgan fingerprint density at radius 2 is 1.90 bits per heavy atom. The van der Waals surface area contributed by atoms with E-state index in [0.717, 1.165) is 21.4 Å². The molecule has 1 aromatic carbocycles.